The fraction of sp³-hybridized carbons (Fsp3) is 0.462. The minimum absolute atomic E-state index is 0. The molecule has 2 aromatic rings. The van der Waals surface area contributed by atoms with E-state index in [1.165, 1.54) is 0 Å². The topological polar surface area (TPSA) is 78.9 Å². The monoisotopic (exact) mass is 474 g/mol. The summed E-state index contributed by atoms with van der Waals surface area (Å²) in [6.45, 7) is 5.14. The molecule has 1 saturated carbocycles. The molecule has 1 amide bonds. The van der Waals surface area contributed by atoms with E-state index in [-0.39, 0.29) is 29.9 Å². The van der Waals surface area contributed by atoms with Crippen LogP contribution in [-0.2, 0) is 4.79 Å². The minimum Gasteiger partial charge on any atom is -0.492 e. The van der Waals surface area contributed by atoms with E-state index in [1.807, 2.05) is 45.2 Å². The molecular formula is C26H35ClN2O4. The van der Waals surface area contributed by atoms with Crippen LogP contribution in [0.25, 0.3) is 0 Å². The van der Waals surface area contributed by atoms with Gasteiger partial charge in [0.15, 0.2) is 0 Å². The van der Waals surface area contributed by atoms with Gasteiger partial charge in [-0.05, 0) is 69.1 Å². The summed E-state index contributed by atoms with van der Waals surface area (Å²) in [5.74, 6) is -0.0760. The Morgan fingerprint density at radius 1 is 1.12 bits per heavy atom. The Bertz CT molecular complexity index is 926. The third-order valence-electron chi connectivity index (χ3n) is 6.52. The van der Waals surface area contributed by atoms with Gasteiger partial charge in [0.2, 0.25) is 5.91 Å². The van der Waals surface area contributed by atoms with Gasteiger partial charge in [0, 0.05) is 6.54 Å². The Labute approximate surface area is 202 Å². The van der Waals surface area contributed by atoms with E-state index in [2.05, 4.69) is 10.2 Å². The van der Waals surface area contributed by atoms with E-state index < -0.39 is 11.5 Å². The number of carboxylic acid groups (broad SMARTS) is 1. The summed E-state index contributed by atoms with van der Waals surface area (Å²) in [6.07, 6.45) is 4.85. The molecule has 1 atom stereocenters. The lowest BCUT2D eigenvalue weighted by Gasteiger charge is -2.43. The third kappa shape index (κ3) is 6.71. The highest BCUT2D eigenvalue weighted by Crippen LogP contribution is 2.34. The Morgan fingerprint density at radius 2 is 1.79 bits per heavy atom. The van der Waals surface area contributed by atoms with Gasteiger partial charge in [-0.15, -0.1) is 12.4 Å². The van der Waals surface area contributed by atoms with Gasteiger partial charge >= 0.3 is 5.97 Å². The number of carbonyl (C=O) groups is 2. The van der Waals surface area contributed by atoms with E-state index >= 15 is 0 Å². The van der Waals surface area contributed by atoms with Gasteiger partial charge in [-0.1, -0.05) is 43.5 Å². The molecule has 0 bridgehead atoms. The molecule has 7 heteroatoms. The lowest BCUT2D eigenvalue weighted by Crippen LogP contribution is -2.59. The molecule has 180 valence electrons. The number of likely N-dealkylation sites (N-methyl/N-ethyl adjacent to an activating group) is 1. The van der Waals surface area contributed by atoms with Gasteiger partial charge in [0.05, 0.1) is 11.6 Å². The van der Waals surface area contributed by atoms with E-state index in [1.54, 1.807) is 24.3 Å². The number of carboxylic acids is 1. The highest BCUT2D eigenvalue weighted by Gasteiger charge is 2.43. The Hall–Kier alpha value is -2.57. The zero-order chi connectivity index (χ0) is 23.1. The van der Waals surface area contributed by atoms with Crippen molar-refractivity contribution in [3.05, 3.63) is 65.2 Å². The van der Waals surface area contributed by atoms with Crippen molar-refractivity contribution >= 4 is 24.3 Å². The van der Waals surface area contributed by atoms with Crippen molar-refractivity contribution < 1.29 is 19.4 Å². The largest absolute Gasteiger partial charge is 0.492 e. The van der Waals surface area contributed by atoms with Crippen molar-refractivity contribution in [2.75, 3.05) is 20.2 Å². The highest BCUT2D eigenvalue weighted by atomic mass is 35.5. The molecule has 0 radical (unpaired) electrons. The molecular weight excluding hydrogens is 440 g/mol. The van der Waals surface area contributed by atoms with Crippen molar-refractivity contribution in [1.29, 1.82) is 0 Å². The third-order valence-corrected chi connectivity index (χ3v) is 6.52. The van der Waals surface area contributed by atoms with Crippen LogP contribution in [0.1, 0.15) is 66.6 Å². The number of halogens is 1. The van der Waals surface area contributed by atoms with E-state index in [0.29, 0.717) is 13.2 Å². The summed E-state index contributed by atoms with van der Waals surface area (Å²) in [7, 11) is 2.01. The van der Waals surface area contributed by atoms with Gasteiger partial charge in [-0.25, -0.2) is 4.79 Å². The summed E-state index contributed by atoms with van der Waals surface area (Å²) in [6, 6.07) is 14.5. The quantitative estimate of drug-likeness (QED) is 0.534. The number of hydrogen-bond acceptors (Lipinski definition) is 4. The first-order chi connectivity index (χ1) is 15.3. The lowest BCUT2D eigenvalue weighted by atomic mass is 9.79. The molecule has 3 rings (SSSR count). The minimum atomic E-state index is -0.955. The molecule has 0 spiro atoms. The first kappa shape index (κ1) is 26.7. The molecule has 0 heterocycles. The number of benzene rings is 2. The van der Waals surface area contributed by atoms with Crippen LogP contribution < -0.4 is 10.1 Å². The number of amides is 1. The van der Waals surface area contributed by atoms with Crippen molar-refractivity contribution in [1.82, 2.24) is 10.2 Å². The normalized spacial score (nSPS) is 15.9. The van der Waals surface area contributed by atoms with Crippen LogP contribution in [0.5, 0.6) is 5.75 Å². The van der Waals surface area contributed by atoms with Crippen LogP contribution in [0.4, 0.5) is 0 Å². The van der Waals surface area contributed by atoms with E-state index in [9.17, 15) is 9.59 Å². The van der Waals surface area contributed by atoms with Crippen molar-refractivity contribution in [3.8, 4) is 5.75 Å². The van der Waals surface area contributed by atoms with Crippen molar-refractivity contribution in [3.63, 3.8) is 0 Å². The standard InChI is InChI=1S/C26H34N2O4.ClH/c1-19-8-7-9-23(18-19)32-17-16-28(3)26(14-5-4-6-15-26)25(31)27-20(2)21-10-12-22(13-11-21)24(29)30;/h7-13,18,20H,4-6,14-17H2,1-3H3,(H,27,31)(H,29,30);1H/t20-;/m0./s1. The zero-order valence-corrected chi connectivity index (χ0v) is 20.5. The zero-order valence-electron chi connectivity index (χ0n) is 19.7. The Morgan fingerprint density at radius 3 is 2.39 bits per heavy atom. The van der Waals surface area contributed by atoms with Crippen LogP contribution in [0.2, 0.25) is 0 Å². The van der Waals surface area contributed by atoms with Gasteiger partial charge < -0.3 is 15.2 Å². The molecule has 33 heavy (non-hydrogen) atoms. The molecule has 2 aromatic carbocycles. The van der Waals surface area contributed by atoms with Gasteiger partial charge in [0.25, 0.3) is 0 Å². The highest BCUT2D eigenvalue weighted by molar-refractivity contribution is 5.88. The average Bonchev–Trinajstić information content (AvgIpc) is 2.79. The smallest absolute Gasteiger partial charge is 0.335 e. The van der Waals surface area contributed by atoms with Gasteiger partial charge in [-0.2, -0.15) is 0 Å². The Kier molecular flexibility index (Phi) is 9.74. The van der Waals surface area contributed by atoms with E-state index in [4.69, 9.17) is 9.84 Å². The molecule has 1 aliphatic carbocycles. The molecule has 1 aliphatic rings. The van der Waals surface area contributed by atoms with Crippen molar-refractivity contribution in [2.45, 2.75) is 57.5 Å². The molecule has 0 unspecified atom stereocenters. The SMILES string of the molecule is Cc1cccc(OCCN(C)C2(C(=O)N[C@@H](C)c3ccc(C(=O)O)cc3)CCCCC2)c1.Cl. The maximum Gasteiger partial charge on any atom is 0.335 e. The van der Waals surface area contributed by atoms with E-state index in [0.717, 1.165) is 49.0 Å². The van der Waals surface area contributed by atoms with Gasteiger partial charge in [0.1, 0.15) is 17.9 Å². The number of aromatic carboxylic acids is 1. The van der Waals surface area contributed by atoms with Crippen LogP contribution in [0.3, 0.4) is 0 Å². The number of rotatable bonds is 9. The van der Waals surface area contributed by atoms with Gasteiger partial charge in [-0.3, -0.25) is 9.69 Å². The number of nitrogens with zero attached hydrogens (tertiary/aromatic N) is 1. The predicted octanol–water partition coefficient (Wildman–Crippen LogP) is 5.01. The van der Waals surface area contributed by atoms with Crippen LogP contribution in [-0.4, -0.2) is 47.6 Å². The molecule has 0 aromatic heterocycles. The van der Waals surface area contributed by atoms with Crippen LogP contribution >= 0.6 is 12.4 Å². The summed E-state index contributed by atoms with van der Waals surface area (Å²) in [4.78, 5) is 26.8. The summed E-state index contributed by atoms with van der Waals surface area (Å²) in [5, 5.41) is 12.3. The van der Waals surface area contributed by atoms with Crippen molar-refractivity contribution in [2.24, 2.45) is 0 Å². The maximum absolute atomic E-state index is 13.5. The summed E-state index contributed by atoms with van der Waals surface area (Å²) < 4.78 is 5.93. The molecule has 2 N–H and O–H groups in total. The summed E-state index contributed by atoms with van der Waals surface area (Å²) >= 11 is 0. The average molecular weight is 475 g/mol. The lowest BCUT2D eigenvalue weighted by molar-refractivity contribution is -0.136. The fourth-order valence-corrected chi connectivity index (χ4v) is 4.47. The second-order valence-electron chi connectivity index (χ2n) is 8.80. The number of aryl methyl sites for hydroxylation is 1. The second kappa shape index (κ2) is 12.1. The fourth-order valence-electron chi connectivity index (χ4n) is 4.47. The summed E-state index contributed by atoms with van der Waals surface area (Å²) in [5.41, 5.74) is 1.73. The number of hydrogen-bond donors (Lipinski definition) is 2. The first-order valence-electron chi connectivity index (χ1n) is 11.4. The van der Waals surface area contributed by atoms with Crippen LogP contribution in [0, 0.1) is 6.92 Å². The molecule has 1 fully saturated rings. The predicted molar refractivity (Wildman–Crippen MR) is 132 cm³/mol. The number of ether oxygens (including phenoxy) is 1. The second-order valence-corrected chi connectivity index (χ2v) is 8.80. The van der Waals surface area contributed by atoms with Crippen LogP contribution in [0.15, 0.2) is 48.5 Å². The first-order valence-corrected chi connectivity index (χ1v) is 11.4. The number of carbonyl (C=O) groups excluding carboxylic acids is 1. The molecule has 6 nitrogen and oxygen atoms in total. The maximum atomic E-state index is 13.5. The molecule has 0 saturated heterocycles. The Balaban J connectivity index is 0.00000385. The molecule has 0 aliphatic heterocycles. The number of nitrogens with one attached hydrogen (secondary N) is 1.